The van der Waals surface area contributed by atoms with Crippen LogP contribution in [0.1, 0.15) is 26.7 Å². The molecule has 0 spiro atoms. The SMILES string of the molecule is CC1=NC(C)N(c2ccc(N3CCC(Oc4cccc(F)c4)CC3)c(Cl)c2)C=C1. The Morgan fingerprint density at radius 2 is 1.93 bits per heavy atom. The Balaban J connectivity index is 1.39. The van der Waals surface area contributed by atoms with Crippen molar-refractivity contribution in [2.24, 2.45) is 4.99 Å². The van der Waals surface area contributed by atoms with Crippen molar-refractivity contribution >= 4 is 28.7 Å². The van der Waals surface area contributed by atoms with Crippen LogP contribution in [-0.2, 0) is 0 Å². The third kappa shape index (κ3) is 4.56. The molecule has 1 atom stereocenters. The first kappa shape index (κ1) is 19.8. The average Bonchev–Trinajstić information content (AvgIpc) is 2.69. The van der Waals surface area contributed by atoms with Crippen LogP contribution in [0.2, 0.25) is 5.02 Å². The molecule has 1 fully saturated rings. The maximum atomic E-state index is 13.3. The lowest BCUT2D eigenvalue weighted by molar-refractivity contribution is 0.170. The third-order valence-electron chi connectivity index (χ3n) is 5.38. The Morgan fingerprint density at radius 3 is 2.62 bits per heavy atom. The summed E-state index contributed by atoms with van der Waals surface area (Å²) in [7, 11) is 0. The van der Waals surface area contributed by atoms with Gasteiger partial charge in [0.25, 0.3) is 0 Å². The molecule has 4 nitrogen and oxygen atoms in total. The number of aliphatic imine (C=N–C) groups is 1. The highest BCUT2D eigenvalue weighted by Crippen LogP contribution is 2.34. The summed E-state index contributed by atoms with van der Waals surface area (Å²) < 4.78 is 19.3. The van der Waals surface area contributed by atoms with Crippen LogP contribution >= 0.6 is 11.6 Å². The monoisotopic (exact) mass is 413 g/mol. The van der Waals surface area contributed by atoms with Gasteiger partial charge in [0.2, 0.25) is 0 Å². The number of ether oxygens (including phenoxy) is 1. The zero-order chi connectivity index (χ0) is 20.4. The molecule has 6 heteroatoms. The summed E-state index contributed by atoms with van der Waals surface area (Å²) in [6, 6.07) is 12.5. The lowest BCUT2D eigenvalue weighted by atomic mass is 10.1. The number of halogens is 2. The fourth-order valence-corrected chi connectivity index (χ4v) is 4.17. The second kappa shape index (κ2) is 8.46. The van der Waals surface area contributed by atoms with Gasteiger partial charge in [0, 0.05) is 49.6 Å². The van der Waals surface area contributed by atoms with E-state index in [1.807, 2.05) is 25.3 Å². The van der Waals surface area contributed by atoms with Crippen LogP contribution in [0, 0.1) is 5.82 Å². The molecular weight excluding hydrogens is 389 g/mol. The second-order valence-electron chi connectivity index (χ2n) is 7.52. The number of nitrogens with zero attached hydrogens (tertiary/aromatic N) is 3. The van der Waals surface area contributed by atoms with Gasteiger partial charge in [0.1, 0.15) is 23.8 Å². The number of hydrogen-bond acceptors (Lipinski definition) is 4. The number of hydrogen-bond donors (Lipinski definition) is 0. The van der Waals surface area contributed by atoms with Crippen LogP contribution in [0.4, 0.5) is 15.8 Å². The van der Waals surface area contributed by atoms with E-state index in [2.05, 4.69) is 33.8 Å². The Kier molecular flexibility index (Phi) is 5.76. The molecule has 0 N–H and O–H groups in total. The Bertz CT molecular complexity index is 937. The van der Waals surface area contributed by atoms with E-state index < -0.39 is 0 Å². The maximum absolute atomic E-state index is 13.3. The number of allylic oxidation sites excluding steroid dienone is 1. The van der Waals surface area contributed by atoms with Gasteiger partial charge < -0.3 is 14.5 Å². The smallest absolute Gasteiger partial charge is 0.126 e. The molecule has 2 aromatic rings. The summed E-state index contributed by atoms with van der Waals surface area (Å²) in [5, 5.41) is 0.735. The van der Waals surface area contributed by atoms with Gasteiger partial charge in [-0.25, -0.2) is 4.39 Å². The molecule has 2 aromatic carbocycles. The average molecular weight is 414 g/mol. The largest absolute Gasteiger partial charge is 0.490 e. The van der Waals surface area contributed by atoms with Gasteiger partial charge in [0.15, 0.2) is 0 Å². The molecule has 4 rings (SSSR count). The summed E-state index contributed by atoms with van der Waals surface area (Å²) in [6.07, 6.45) is 5.94. The van der Waals surface area contributed by atoms with Crippen LogP contribution in [0.5, 0.6) is 5.75 Å². The van der Waals surface area contributed by atoms with Gasteiger partial charge in [-0.1, -0.05) is 17.7 Å². The van der Waals surface area contributed by atoms with Crippen LogP contribution in [0.3, 0.4) is 0 Å². The third-order valence-corrected chi connectivity index (χ3v) is 5.68. The molecule has 152 valence electrons. The van der Waals surface area contributed by atoms with Crippen molar-refractivity contribution in [2.75, 3.05) is 22.9 Å². The van der Waals surface area contributed by atoms with Crippen molar-refractivity contribution < 1.29 is 9.13 Å². The summed E-state index contributed by atoms with van der Waals surface area (Å²) >= 11 is 6.64. The van der Waals surface area contributed by atoms with Gasteiger partial charge in [-0.3, -0.25) is 4.99 Å². The van der Waals surface area contributed by atoms with Crippen LogP contribution < -0.4 is 14.5 Å². The summed E-state index contributed by atoms with van der Waals surface area (Å²) in [6.45, 7) is 5.77. The van der Waals surface area contributed by atoms with Gasteiger partial charge in [0.05, 0.1) is 10.7 Å². The second-order valence-corrected chi connectivity index (χ2v) is 7.93. The lowest BCUT2D eigenvalue weighted by Crippen LogP contribution is -2.38. The molecule has 0 amide bonds. The standard InChI is InChI=1S/C23H25ClFN3O/c1-16-8-13-28(17(2)26-16)19-6-7-23(22(24)15-19)27-11-9-20(10-12-27)29-21-5-3-4-18(25)14-21/h3-8,13-15,17,20H,9-12H2,1-2H3. The number of anilines is 2. The van der Waals surface area contributed by atoms with E-state index in [9.17, 15) is 4.39 Å². The van der Waals surface area contributed by atoms with Gasteiger partial charge in [-0.15, -0.1) is 0 Å². The molecule has 1 saturated heterocycles. The van der Waals surface area contributed by atoms with E-state index in [-0.39, 0.29) is 18.1 Å². The Hall–Kier alpha value is -2.53. The van der Waals surface area contributed by atoms with Crippen molar-refractivity contribution in [3.8, 4) is 5.75 Å². The topological polar surface area (TPSA) is 28.1 Å². The highest BCUT2D eigenvalue weighted by atomic mass is 35.5. The van der Waals surface area contributed by atoms with E-state index in [1.165, 1.54) is 12.1 Å². The number of piperidine rings is 1. The maximum Gasteiger partial charge on any atom is 0.126 e. The van der Waals surface area contributed by atoms with Crippen LogP contribution in [0.25, 0.3) is 0 Å². The highest BCUT2D eigenvalue weighted by molar-refractivity contribution is 6.33. The minimum absolute atomic E-state index is 0.0534. The molecule has 0 aromatic heterocycles. The molecule has 2 aliphatic heterocycles. The van der Waals surface area contributed by atoms with Crippen molar-refractivity contribution in [1.82, 2.24) is 0 Å². The van der Waals surface area contributed by atoms with Crippen molar-refractivity contribution in [3.05, 3.63) is 65.6 Å². The van der Waals surface area contributed by atoms with E-state index in [4.69, 9.17) is 16.3 Å². The zero-order valence-electron chi connectivity index (χ0n) is 16.7. The predicted octanol–water partition coefficient (Wildman–Crippen LogP) is 5.67. The van der Waals surface area contributed by atoms with Crippen LogP contribution in [0.15, 0.2) is 59.7 Å². The normalized spacial score (nSPS) is 20.0. The Morgan fingerprint density at radius 1 is 1.14 bits per heavy atom. The summed E-state index contributed by atoms with van der Waals surface area (Å²) in [4.78, 5) is 9.00. The number of rotatable bonds is 4. The van der Waals surface area contributed by atoms with E-state index in [0.717, 1.165) is 48.0 Å². The minimum atomic E-state index is -0.273. The van der Waals surface area contributed by atoms with Gasteiger partial charge in [-0.2, -0.15) is 0 Å². The van der Waals surface area contributed by atoms with Crippen molar-refractivity contribution in [2.45, 2.75) is 39.0 Å². The first-order chi connectivity index (χ1) is 14.0. The Labute approximate surface area is 176 Å². The molecule has 0 saturated carbocycles. The fraction of sp³-hybridized carbons (Fsp3) is 0.348. The van der Waals surface area contributed by atoms with Gasteiger partial charge >= 0.3 is 0 Å². The molecule has 29 heavy (non-hydrogen) atoms. The first-order valence-corrected chi connectivity index (χ1v) is 10.3. The minimum Gasteiger partial charge on any atom is -0.490 e. The molecular formula is C23H25ClFN3O. The molecule has 2 aliphatic rings. The van der Waals surface area contributed by atoms with E-state index >= 15 is 0 Å². The molecule has 1 unspecified atom stereocenters. The molecule has 0 aliphatic carbocycles. The molecule has 0 radical (unpaired) electrons. The molecule has 0 bridgehead atoms. The first-order valence-electron chi connectivity index (χ1n) is 9.97. The van der Waals surface area contributed by atoms with E-state index in [0.29, 0.717) is 5.75 Å². The highest BCUT2D eigenvalue weighted by Gasteiger charge is 2.23. The molecule has 2 heterocycles. The lowest BCUT2D eigenvalue weighted by Gasteiger charge is -2.35. The fourth-order valence-electron chi connectivity index (χ4n) is 3.87. The van der Waals surface area contributed by atoms with Gasteiger partial charge in [-0.05, 0) is 50.3 Å². The number of benzene rings is 2. The predicted molar refractivity (Wildman–Crippen MR) is 118 cm³/mol. The quantitative estimate of drug-likeness (QED) is 0.646. The van der Waals surface area contributed by atoms with Crippen molar-refractivity contribution in [1.29, 1.82) is 0 Å². The summed E-state index contributed by atoms with van der Waals surface area (Å²) in [5.74, 6) is 0.318. The summed E-state index contributed by atoms with van der Waals surface area (Å²) in [5.41, 5.74) is 3.09. The van der Waals surface area contributed by atoms with Crippen LogP contribution in [-0.4, -0.2) is 31.1 Å². The zero-order valence-corrected chi connectivity index (χ0v) is 17.4. The van der Waals surface area contributed by atoms with E-state index in [1.54, 1.807) is 12.1 Å². The van der Waals surface area contributed by atoms with Crippen molar-refractivity contribution in [3.63, 3.8) is 0 Å².